The number of rotatable bonds is 5. The highest BCUT2D eigenvalue weighted by molar-refractivity contribution is 7.99. The van der Waals surface area contributed by atoms with Crippen LogP contribution in [0.15, 0.2) is 41.6 Å². The molecule has 2 N–H and O–H groups in total. The minimum Gasteiger partial charge on any atom is -0.497 e. The van der Waals surface area contributed by atoms with Crippen molar-refractivity contribution in [3.05, 3.63) is 36.7 Å². The van der Waals surface area contributed by atoms with Crippen molar-refractivity contribution in [2.45, 2.75) is 11.4 Å². The van der Waals surface area contributed by atoms with E-state index in [0.717, 1.165) is 18.0 Å². The van der Waals surface area contributed by atoms with Gasteiger partial charge in [-0.1, -0.05) is 6.07 Å². The number of nitrogens with two attached hydrogens (primary N) is 1. The number of benzene rings is 1. The zero-order valence-corrected chi connectivity index (χ0v) is 10.5. The Balaban J connectivity index is 1.85. The van der Waals surface area contributed by atoms with Gasteiger partial charge in [-0.2, -0.15) is 5.10 Å². The third-order valence-corrected chi connectivity index (χ3v) is 3.26. The molecule has 4 nitrogen and oxygen atoms in total. The number of nitrogen functional groups attached to an aromatic ring is 1. The summed E-state index contributed by atoms with van der Waals surface area (Å²) in [4.78, 5) is 1.20. The second kappa shape index (κ2) is 5.63. The molecule has 1 aromatic carbocycles. The molecule has 2 rings (SSSR count). The van der Waals surface area contributed by atoms with E-state index in [1.54, 1.807) is 25.1 Å². The molecule has 0 bridgehead atoms. The van der Waals surface area contributed by atoms with Gasteiger partial charge in [-0.25, -0.2) is 0 Å². The number of anilines is 1. The fourth-order valence-electron chi connectivity index (χ4n) is 1.45. The topological polar surface area (TPSA) is 53.1 Å². The van der Waals surface area contributed by atoms with Gasteiger partial charge in [-0.15, -0.1) is 11.8 Å². The van der Waals surface area contributed by atoms with Gasteiger partial charge in [-0.05, 0) is 18.2 Å². The molecular formula is C12H15N3OS. The van der Waals surface area contributed by atoms with Crippen LogP contribution in [-0.2, 0) is 6.54 Å². The van der Waals surface area contributed by atoms with E-state index in [0.29, 0.717) is 5.69 Å². The minimum absolute atomic E-state index is 0.705. The van der Waals surface area contributed by atoms with Crippen molar-refractivity contribution in [2.75, 3.05) is 18.6 Å². The Kier molecular flexibility index (Phi) is 3.93. The maximum absolute atomic E-state index is 5.59. The van der Waals surface area contributed by atoms with E-state index >= 15 is 0 Å². The molecule has 0 saturated heterocycles. The highest BCUT2D eigenvalue weighted by atomic mass is 32.2. The molecule has 90 valence electrons. The monoisotopic (exact) mass is 249 g/mol. The fraction of sp³-hybridized carbons (Fsp3) is 0.250. The Hall–Kier alpha value is -1.62. The average Bonchev–Trinajstić information content (AvgIpc) is 2.75. The molecule has 2 aromatic rings. The molecule has 0 spiro atoms. The zero-order chi connectivity index (χ0) is 12.1. The quantitative estimate of drug-likeness (QED) is 0.826. The Morgan fingerprint density at radius 1 is 1.47 bits per heavy atom. The molecule has 17 heavy (non-hydrogen) atoms. The molecule has 5 heteroatoms. The summed E-state index contributed by atoms with van der Waals surface area (Å²) in [6, 6.07) is 8.04. The molecule has 0 aliphatic rings. The summed E-state index contributed by atoms with van der Waals surface area (Å²) < 4.78 is 7.03. The van der Waals surface area contributed by atoms with Crippen molar-refractivity contribution < 1.29 is 4.74 Å². The van der Waals surface area contributed by atoms with Crippen LogP contribution in [-0.4, -0.2) is 22.6 Å². The number of methoxy groups -OCH3 is 1. The van der Waals surface area contributed by atoms with Gasteiger partial charge in [0.15, 0.2) is 0 Å². The first-order valence-electron chi connectivity index (χ1n) is 5.33. The third kappa shape index (κ3) is 3.42. The van der Waals surface area contributed by atoms with Crippen LogP contribution in [0.4, 0.5) is 5.69 Å². The molecule has 0 radical (unpaired) electrons. The van der Waals surface area contributed by atoms with Gasteiger partial charge in [0.25, 0.3) is 0 Å². The number of nitrogens with zero attached hydrogens (tertiary/aromatic N) is 2. The molecule has 0 atom stereocenters. The number of ether oxygens (including phenoxy) is 1. The van der Waals surface area contributed by atoms with Gasteiger partial charge in [0.05, 0.1) is 25.5 Å². The Morgan fingerprint density at radius 3 is 3.06 bits per heavy atom. The summed E-state index contributed by atoms with van der Waals surface area (Å²) in [5, 5.41) is 4.13. The van der Waals surface area contributed by atoms with Crippen LogP contribution >= 0.6 is 11.8 Å². The van der Waals surface area contributed by atoms with Crippen LogP contribution in [0.25, 0.3) is 0 Å². The summed E-state index contributed by atoms with van der Waals surface area (Å²) in [6.07, 6.45) is 3.50. The normalized spacial score (nSPS) is 10.4. The summed E-state index contributed by atoms with van der Waals surface area (Å²) in [6.45, 7) is 0.846. The first-order chi connectivity index (χ1) is 8.28. The second-order valence-corrected chi connectivity index (χ2v) is 4.73. The van der Waals surface area contributed by atoms with Crippen molar-refractivity contribution in [1.29, 1.82) is 0 Å². The lowest BCUT2D eigenvalue weighted by Gasteiger charge is -2.04. The van der Waals surface area contributed by atoms with Crippen molar-refractivity contribution >= 4 is 17.4 Å². The maximum atomic E-state index is 5.59. The molecule has 1 aromatic heterocycles. The number of hydrogen-bond donors (Lipinski definition) is 1. The van der Waals surface area contributed by atoms with Crippen molar-refractivity contribution in [3.8, 4) is 5.75 Å². The molecule has 0 fully saturated rings. The van der Waals surface area contributed by atoms with E-state index in [1.165, 1.54) is 4.90 Å². The minimum atomic E-state index is 0.705. The van der Waals surface area contributed by atoms with Crippen LogP contribution < -0.4 is 10.5 Å². The van der Waals surface area contributed by atoms with Crippen molar-refractivity contribution in [2.24, 2.45) is 0 Å². The average molecular weight is 249 g/mol. The lowest BCUT2D eigenvalue weighted by Crippen LogP contribution is -2.00. The van der Waals surface area contributed by atoms with Gasteiger partial charge in [0, 0.05) is 16.8 Å². The van der Waals surface area contributed by atoms with Crippen LogP contribution in [0.2, 0.25) is 0 Å². The highest BCUT2D eigenvalue weighted by Crippen LogP contribution is 2.22. The first-order valence-corrected chi connectivity index (χ1v) is 6.31. The van der Waals surface area contributed by atoms with Crippen LogP contribution in [0.1, 0.15) is 0 Å². The highest BCUT2D eigenvalue weighted by Gasteiger charge is 1.98. The van der Waals surface area contributed by atoms with Crippen LogP contribution in [0.5, 0.6) is 5.75 Å². The first kappa shape index (κ1) is 11.9. The smallest absolute Gasteiger partial charge is 0.119 e. The lowest BCUT2D eigenvalue weighted by atomic mass is 10.3. The van der Waals surface area contributed by atoms with Gasteiger partial charge in [-0.3, -0.25) is 4.68 Å². The fourth-order valence-corrected chi connectivity index (χ4v) is 2.34. The Morgan fingerprint density at radius 2 is 2.35 bits per heavy atom. The molecule has 0 aliphatic carbocycles. The molecular weight excluding hydrogens is 234 g/mol. The standard InChI is InChI=1S/C12H15N3OS/c1-16-11-3-2-4-12(7-11)17-6-5-15-9-10(13)8-14-15/h2-4,7-9H,5-6,13H2,1H3. The summed E-state index contributed by atoms with van der Waals surface area (Å²) in [7, 11) is 1.68. The van der Waals surface area contributed by atoms with Crippen LogP contribution in [0.3, 0.4) is 0 Å². The van der Waals surface area contributed by atoms with E-state index in [9.17, 15) is 0 Å². The zero-order valence-electron chi connectivity index (χ0n) is 9.67. The summed E-state index contributed by atoms with van der Waals surface area (Å²) in [5.41, 5.74) is 6.30. The van der Waals surface area contributed by atoms with Crippen molar-refractivity contribution in [1.82, 2.24) is 9.78 Å². The number of hydrogen-bond acceptors (Lipinski definition) is 4. The van der Waals surface area contributed by atoms with E-state index < -0.39 is 0 Å². The van der Waals surface area contributed by atoms with E-state index in [1.807, 2.05) is 29.1 Å². The predicted molar refractivity (Wildman–Crippen MR) is 70.4 cm³/mol. The third-order valence-electron chi connectivity index (χ3n) is 2.28. The van der Waals surface area contributed by atoms with Gasteiger partial charge >= 0.3 is 0 Å². The van der Waals surface area contributed by atoms with E-state index in [2.05, 4.69) is 11.2 Å². The van der Waals surface area contributed by atoms with Gasteiger partial charge < -0.3 is 10.5 Å². The van der Waals surface area contributed by atoms with Gasteiger partial charge in [0.1, 0.15) is 5.75 Å². The molecule has 0 amide bonds. The molecule has 0 aliphatic heterocycles. The Bertz CT molecular complexity index is 484. The summed E-state index contributed by atoms with van der Waals surface area (Å²) in [5.74, 6) is 1.84. The number of thioether (sulfide) groups is 1. The van der Waals surface area contributed by atoms with Crippen molar-refractivity contribution in [3.63, 3.8) is 0 Å². The van der Waals surface area contributed by atoms with Crippen LogP contribution in [0, 0.1) is 0 Å². The second-order valence-electron chi connectivity index (χ2n) is 3.56. The van der Waals surface area contributed by atoms with Gasteiger partial charge in [0.2, 0.25) is 0 Å². The van der Waals surface area contributed by atoms with E-state index in [-0.39, 0.29) is 0 Å². The van der Waals surface area contributed by atoms with E-state index in [4.69, 9.17) is 10.5 Å². The maximum Gasteiger partial charge on any atom is 0.119 e. The summed E-state index contributed by atoms with van der Waals surface area (Å²) >= 11 is 1.77. The number of aromatic nitrogens is 2. The number of aryl methyl sites for hydroxylation is 1. The Labute approximate surface area is 105 Å². The lowest BCUT2D eigenvalue weighted by molar-refractivity contribution is 0.413. The SMILES string of the molecule is COc1cccc(SCCn2cc(N)cn2)c1. The molecule has 1 heterocycles. The molecule has 0 unspecified atom stereocenters. The predicted octanol–water partition coefficient (Wildman–Crippen LogP) is 2.27. The largest absolute Gasteiger partial charge is 0.497 e. The molecule has 0 saturated carbocycles.